The first-order valence-corrected chi connectivity index (χ1v) is 11.0. The lowest BCUT2D eigenvalue weighted by Gasteiger charge is -2.34. The molecule has 0 spiro atoms. The van der Waals surface area contributed by atoms with E-state index in [1.54, 1.807) is 7.11 Å². The number of nitrogens with one attached hydrogen (secondary N) is 2. The van der Waals surface area contributed by atoms with E-state index in [2.05, 4.69) is 15.5 Å². The molecule has 2 aliphatic heterocycles. The van der Waals surface area contributed by atoms with Crippen molar-refractivity contribution in [2.75, 3.05) is 53.3 Å². The van der Waals surface area contributed by atoms with E-state index >= 15 is 0 Å². The predicted molar refractivity (Wildman–Crippen MR) is 120 cm³/mol. The zero-order chi connectivity index (χ0) is 23.0. The van der Waals surface area contributed by atoms with Crippen molar-refractivity contribution >= 4 is 11.8 Å². The van der Waals surface area contributed by atoms with Gasteiger partial charge in [-0.1, -0.05) is 24.3 Å². The second-order valence-corrected chi connectivity index (χ2v) is 7.80. The number of hydrogen-bond donors (Lipinski definition) is 2. The number of rotatable bonds is 8. The van der Waals surface area contributed by atoms with Gasteiger partial charge in [-0.25, -0.2) is 0 Å². The first kappa shape index (κ1) is 22.9. The highest BCUT2D eigenvalue weighted by atomic mass is 16.7. The standard InChI is InChI=1S/C24H29N3O6/c1-30-20-5-3-2-4-17(20)8-9-25-23(28)24(29)26-15-19(27-10-12-31-13-11-27)18-6-7-21-22(14-18)33-16-32-21/h2-7,14,19H,8-13,15-16H2,1H3,(H,25,28)(H,26,29)/t19-/m0/s1. The Bertz CT molecular complexity index is 976. The summed E-state index contributed by atoms with van der Waals surface area (Å²) in [6, 6.07) is 13.3. The van der Waals surface area contributed by atoms with Crippen LogP contribution in [0.2, 0.25) is 0 Å². The maximum Gasteiger partial charge on any atom is 0.309 e. The van der Waals surface area contributed by atoms with Crippen LogP contribution in [0.15, 0.2) is 42.5 Å². The van der Waals surface area contributed by atoms with E-state index in [0.29, 0.717) is 44.2 Å². The van der Waals surface area contributed by atoms with E-state index < -0.39 is 11.8 Å². The third kappa shape index (κ3) is 5.74. The fourth-order valence-corrected chi connectivity index (χ4v) is 4.04. The van der Waals surface area contributed by atoms with Crippen LogP contribution in [0.1, 0.15) is 17.2 Å². The fraction of sp³-hybridized carbons (Fsp3) is 0.417. The highest BCUT2D eigenvalue weighted by Crippen LogP contribution is 2.35. The average molecular weight is 456 g/mol. The van der Waals surface area contributed by atoms with Crippen LogP contribution in [0.5, 0.6) is 17.2 Å². The lowest BCUT2D eigenvalue weighted by Crippen LogP contribution is -2.47. The van der Waals surface area contributed by atoms with Crippen LogP contribution >= 0.6 is 0 Å². The van der Waals surface area contributed by atoms with Crippen LogP contribution in [-0.4, -0.2) is 70.0 Å². The molecule has 2 aliphatic rings. The van der Waals surface area contributed by atoms with Gasteiger partial charge in [0.2, 0.25) is 6.79 Å². The zero-order valence-electron chi connectivity index (χ0n) is 18.7. The summed E-state index contributed by atoms with van der Waals surface area (Å²) in [6.07, 6.45) is 0.566. The minimum absolute atomic E-state index is 0.117. The van der Waals surface area contributed by atoms with Gasteiger partial charge in [0.05, 0.1) is 26.4 Å². The lowest BCUT2D eigenvalue weighted by molar-refractivity contribution is -0.139. The summed E-state index contributed by atoms with van der Waals surface area (Å²) >= 11 is 0. The Morgan fingerprint density at radius 2 is 1.79 bits per heavy atom. The number of para-hydroxylation sites is 1. The van der Waals surface area contributed by atoms with Crippen molar-refractivity contribution in [1.82, 2.24) is 15.5 Å². The Morgan fingerprint density at radius 1 is 1.03 bits per heavy atom. The summed E-state index contributed by atoms with van der Waals surface area (Å²) in [7, 11) is 1.61. The summed E-state index contributed by atoms with van der Waals surface area (Å²) in [6.45, 7) is 3.55. The Kier molecular flexibility index (Phi) is 7.64. The molecular weight excluding hydrogens is 426 g/mol. The first-order valence-electron chi connectivity index (χ1n) is 11.0. The average Bonchev–Trinajstić information content (AvgIpc) is 3.33. The quantitative estimate of drug-likeness (QED) is 0.579. The van der Waals surface area contributed by atoms with Crippen molar-refractivity contribution in [2.45, 2.75) is 12.5 Å². The fourth-order valence-electron chi connectivity index (χ4n) is 4.04. The number of benzene rings is 2. The lowest BCUT2D eigenvalue weighted by atomic mass is 10.0. The van der Waals surface area contributed by atoms with Crippen molar-refractivity contribution < 1.29 is 28.5 Å². The first-order chi connectivity index (χ1) is 16.2. The molecule has 1 atom stereocenters. The molecule has 0 bridgehead atoms. The molecule has 9 nitrogen and oxygen atoms in total. The minimum Gasteiger partial charge on any atom is -0.496 e. The Labute approximate surface area is 192 Å². The number of methoxy groups -OCH3 is 1. The van der Waals surface area contributed by atoms with Gasteiger partial charge in [0.15, 0.2) is 11.5 Å². The van der Waals surface area contributed by atoms with Gasteiger partial charge in [0.25, 0.3) is 0 Å². The minimum atomic E-state index is -0.658. The Balaban J connectivity index is 1.33. The van der Waals surface area contributed by atoms with E-state index in [1.807, 2.05) is 42.5 Å². The van der Waals surface area contributed by atoms with Crippen LogP contribution in [0.25, 0.3) is 0 Å². The number of ether oxygens (including phenoxy) is 4. The molecule has 176 valence electrons. The third-order valence-electron chi connectivity index (χ3n) is 5.80. The number of carbonyl (C=O) groups excluding carboxylic acids is 2. The monoisotopic (exact) mass is 455 g/mol. The van der Waals surface area contributed by atoms with E-state index in [9.17, 15) is 9.59 Å². The van der Waals surface area contributed by atoms with Gasteiger partial charge in [-0.15, -0.1) is 0 Å². The summed E-state index contributed by atoms with van der Waals surface area (Å²) in [5.41, 5.74) is 1.95. The topological polar surface area (TPSA) is 98.4 Å². The molecule has 1 fully saturated rings. The second-order valence-electron chi connectivity index (χ2n) is 7.80. The largest absolute Gasteiger partial charge is 0.496 e. The molecule has 2 heterocycles. The molecule has 2 N–H and O–H groups in total. The summed E-state index contributed by atoms with van der Waals surface area (Å²) in [4.78, 5) is 27.1. The predicted octanol–water partition coefficient (Wildman–Crippen LogP) is 1.27. The molecule has 2 aromatic carbocycles. The van der Waals surface area contributed by atoms with Crippen LogP contribution in [0.4, 0.5) is 0 Å². The Morgan fingerprint density at radius 3 is 2.61 bits per heavy atom. The highest BCUT2D eigenvalue weighted by molar-refractivity contribution is 6.35. The van der Waals surface area contributed by atoms with Crippen molar-refractivity contribution in [1.29, 1.82) is 0 Å². The van der Waals surface area contributed by atoms with Crippen LogP contribution < -0.4 is 24.8 Å². The van der Waals surface area contributed by atoms with E-state index in [1.165, 1.54) is 0 Å². The van der Waals surface area contributed by atoms with Gasteiger partial charge in [-0.2, -0.15) is 0 Å². The molecule has 33 heavy (non-hydrogen) atoms. The van der Waals surface area contributed by atoms with Gasteiger partial charge in [-0.05, 0) is 35.7 Å². The molecule has 4 rings (SSSR count). The number of hydrogen-bond acceptors (Lipinski definition) is 7. The van der Waals surface area contributed by atoms with Crippen molar-refractivity contribution in [2.24, 2.45) is 0 Å². The Hall–Kier alpha value is -3.30. The normalized spacial score (nSPS) is 16.2. The maximum atomic E-state index is 12.5. The molecule has 1 saturated heterocycles. The molecule has 2 aromatic rings. The SMILES string of the molecule is COc1ccccc1CCNC(=O)C(=O)NC[C@@H](c1ccc2c(c1)OCO2)N1CCOCC1. The molecular formula is C24H29N3O6. The number of fused-ring (bicyclic) bond motifs is 1. The van der Waals surface area contributed by atoms with Crippen molar-refractivity contribution in [3.05, 3.63) is 53.6 Å². The van der Waals surface area contributed by atoms with E-state index in [-0.39, 0.29) is 12.8 Å². The summed E-state index contributed by atoms with van der Waals surface area (Å²) in [5.74, 6) is 0.836. The third-order valence-corrected chi connectivity index (χ3v) is 5.80. The molecule has 9 heteroatoms. The van der Waals surface area contributed by atoms with Gasteiger partial charge in [0, 0.05) is 26.2 Å². The second kappa shape index (κ2) is 11.0. The summed E-state index contributed by atoms with van der Waals surface area (Å²) < 4.78 is 21.7. The number of morpholine rings is 1. The van der Waals surface area contributed by atoms with Crippen molar-refractivity contribution in [3.8, 4) is 17.2 Å². The van der Waals surface area contributed by atoms with Gasteiger partial charge in [0.1, 0.15) is 5.75 Å². The van der Waals surface area contributed by atoms with Crippen LogP contribution in [-0.2, 0) is 20.7 Å². The number of amides is 2. The van der Waals surface area contributed by atoms with Crippen LogP contribution in [0.3, 0.4) is 0 Å². The van der Waals surface area contributed by atoms with Crippen molar-refractivity contribution in [3.63, 3.8) is 0 Å². The molecule has 0 unspecified atom stereocenters. The highest BCUT2D eigenvalue weighted by Gasteiger charge is 2.26. The maximum absolute atomic E-state index is 12.5. The molecule has 2 amide bonds. The molecule has 0 saturated carbocycles. The van der Waals surface area contributed by atoms with E-state index in [0.717, 1.165) is 30.0 Å². The number of nitrogens with zero attached hydrogens (tertiary/aromatic N) is 1. The van der Waals surface area contributed by atoms with Gasteiger partial charge in [-0.3, -0.25) is 14.5 Å². The summed E-state index contributed by atoms with van der Waals surface area (Å²) in [5, 5.41) is 5.47. The van der Waals surface area contributed by atoms with Crippen LogP contribution in [0, 0.1) is 0 Å². The molecule has 0 radical (unpaired) electrons. The molecule has 0 aliphatic carbocycles. The molecule has 0 aromatic heterocycles. The van der Waals surface area contributed by atoms with Gasteiger partial charge < -0.3 is 29.6 Å². The smallest absolute Gasteiger partial charge is 0.309 e. The zero-order valence-corrected chi connectivity index (χ0v) is 18.7. The van der Waals surface area contributed by atoms with E-state index in [4.69, 9.17) is 18.9 Å². The van der Waals surface area contributed by atoms with Gasteiger partial charge >= 0.3 is 11.8 Å². The number of carbonyl (C=O) groups is 2.